The van der Waals surface area contributed by atoms with Gasteiger partial charge in [0, 0.05) is 26.5 Å². The maximum atomic E-state index is 5.34. The van der Waals surface area contributed by atoms with Crippen molar-refractivity contribution in [2.45, 2.75) is 0 Å². The fourth-order valence-corrected chi connectivity index (χ4v) is 0.353. The summed E-state index contributed by atoms with van der Waals surface area (Å²) in [7, 11) is 3.46. The molecule has 3 nitrogen and oxygen atoms in total. The summed E-state index contributed by atoms with van der Waals surface area (Å²) in [6, 6.07) is 0. The zero-order chi connectivity index (χ0) is 6.41. The fraction of sp³-hybridized carbons (Fsp3) is 0.400. The molecule has 0 bridgehead atoms. The molecule has 3 N–H and O–H groups in total. The minimum absolute atomic E-state index is 0.634. The van der Waals surface area contributed by atoms with Crippen LogP contribution in [0.4, 0.5) is 0 Å². The second kappa shape index (κ2) is 4.18. The zero-order valence-electron chi connectivity index (χ0n) is 5.18. The lowest BCUT2D eigenvalue weighted by Gasteiger charge is -1.88. The molecule has 0 amide bonds. The van der Waals surface area contributed by atoms with Gasteiger partial charge in [0.15, 0.2) is 0 Å². The van der Waals surface area contributed by atoms with Gasteiger partial charge in [-0.05, 0) is 0 Å². The third kappa shape index (κ3) is 3.21. The number of rotatable bonds is 2. The molecule has 8 heavy (non-hydrogen) atoms. The van der Waals surface area contributed by atoms with E-state index in [0.29, 0.717) is 5.70 Å². The number of hydrogen-bond donors (Lipinski definition) is 2. The van der Waals surface area contributed by atoms with Gasteiger partial charge < -0.3 is 11.1 Å². The van der Waals surface area contributed by atoms with Crippen molar-refractivity contribution in [2.75, 3.05) is 14.1 Å². The van der Waals surface area contributed by atoms with Crippen molar-refractivity contribution in [1.29, 1.82) is 0 Å². The van der Waals surface area contributed by atoms with E-state index in [4.69, 9.17) is 5.73 Å². The molecule has 0 aliphatic heterocycles. The van der Waals surface area contributed by atoms with E-state index < -0.39 is 0 Å². The van der Waals surface area contributed by atoms with Gasteiger partial charge >= 0.3 is 0 Å². The Morgan fingerprint density at radius 1 is 1.75 bits per heavy atom. The average Bonchev–Trinajstić information content (AvgIpc) is 1.68. The van der Waals surface area contributed by atoms with Crippen LogP contribution in [0.15, 0.2) is 16.9 Å². The average molecular weight is 113 g/mol. The van der Waals surface area contributed by atoms with Crippen LogP contribution in [0.2, 0.25) is 0 Å². The lowest BCUT2D eigenvalue weighted by Crippen LogP contribution is -2.04. The molecule has 0 unspecified atom stereocenters. The Bertz CT molecular complexity index is 104. The van der Waals surface area contributed by atoms with E-state index >= 15 is 0 Å². The van der Waals surface area contributed by atoms with Crippen molar-refractivity contribution in [3.8, 4) is 0 Å². The summed E-state index contributed by atoms with van der Waals surface area (Å²) in [4.78, 5) is 3.70. The number of aliphatic imine (C=N–C) groups is 1. The van der Waals surface area contributed by atoms with E-state index in [1.807, 2.05) is 0 Å². The molecule has 0 fully saturated rings. The molecule has 0 rings (SSSR count). The molecule has 0 radical (unpaired) electrons. The highest BCUT2D eigenvalue weighted by Gasteiger charge is 1.74. The Kier molecular flexibility index (Phi) is 3.66. The maximum absolute atomic E-state index is 5.34. The minimum atomic E-state index is 0.634. The van der Waals surface area contributed by atoms with Crippen LogP contribution in [0.1, 0.15) is 0 Å². The second-order valence-electron chi connectivity index (χ2n) is 1.32. The van der Waals surface area contributed by atoms with Crippen molar-refractivity contribution in [2.24, 2.45) is 10.7 Å². The lowest BCUT2D eigenvalue weighted by atomic mass is 10.5. The number of nitrogens with zero attached hydrogens (tertiary/aromatic N) is 1. The summed E-state index contributed by atoms with van der Waals surface area (Å²) < 4.78 is 0. The molecule has 46 valence electrons. The number of allylic oxidation sites excluding steroid dienone is 1. The topological polar surface area (TPSA) is 50.4 Å². The monoisotopic (exact) mass is 113 g/mol. The van der Waals surface area contributed by atoms with Crippen LogP contribution in [-0.4, -0.2) is 20.3 Å². The van der Waals surface area contributed by atoms with Crippen LogP contribution in [-0.2, 0) is 0 Å². The summed E-state index contributed by atoms with van der Waals surface area (Å²) >= 11 is 0. The highest BCUT2D eigenvalue weighted by Crippen LogP contribution is 1.70. The molecule has 0 heterocycles. The van der Waals surface area contributed by atoms with Crippen molar-refractivity contribution >= 4 is 6.21 Å². The zero-order valence-corrected chi connectivity index (χ0v) is 5.18. The predicted octanol–water partition coefficient (Wildman–Crippen LogP) is -0.294. The van der Waals surface area contributed by atoms with E-state index in [1.165, 1.54) is 0 Å². The molecule has 0 atom stereocenters. The Hall–Kier alpha value is -0.990. The van der Waals surface area contributed by atoms with Crippen molar-refractivity contribution in [3.05, 3.63) is 11.9 Å². The Labute approximate surface area is 49.3 Å². The van der Waals surface area contributed by atoms with Gasteiger partial charge in [-0.2, -0.15) is 0 Å². The van der Waals surface area contributed by atoms with Gasteiger partial charge in [0.05, 0.1) is 5.70 Å². The lowest BCUT2D eigenvalue weighted by molar-refractivity contribution is 1.08. The molecule has 0 saturated heterocycles. The molecule has 0 saturated carbocycles. The molecule has 0 aliphatic carbocycles. The van der Waals surface area contributed by atoms with E-state index in [-0.39, 0.29) is 0 Å². The van der Waals surface area contributed by atoms with Crippen LogP contribution < -0.4 is 11.1 Å². The first kappa shape index (κ1) is 7.01. The van der Waals surface area contributed by atoms with Crippen LogP contribution in [0.3, 0.4) is 0 Å². The molecule has 0 aromatic rings. The van der Waals surface area contributed by atoms with E-state index in [1.54, 1.807) is 26.5 Å². The first-order chi connectivity index (χ1) is 3.81. The van der Waals surface area contributed by atoms with E-state index in [2.05, 4.69) is 10.3 Å². The van der Waals surface area contributed by atoms with Gasteiger partial charge in [0.25, 0.3) is 0 Å². The standard InChI is InChI=1S/C5H11N3/c1-7-3-5(6)4-8-2/h3-4,7H,6H2,1-2H3/b5-3+,8-4?. The van der Waals surface area contributed by atoms with E-state index in [9.17, 15) is 0 Å². The number of hydrogen-bond acceptors (Lipinski definition) is 3. The Morgan fingerprint density at radius 3 is 2.75 bits per heavy atom. The molecule has 0 aromatic carbocycles. The van der Waals surface area contributed by atoms with Crippen molar-refractivity contribution in [1.82, 2.24) is 5.32 Å². The Balaban J connectivity index is 3.61. The molecular formula is C5H11N3. The quantitative estimate of drug-likeness (QED) is 0.483. The fourth-order valence-electron chi connectivity index (χ4n) is 0.353. The second-order valence-corrected chi connectivity index (χ2v) is 1.32. The molecule has 3 heteroatoms. The minimum Gasteiger partial charge on any atom is -0.396 e. The maximum Gasteiger partial charge on any atom is 0.0654 e. The van der Waals surface area contributed by atoms with Gasteiger partial charge in [-0.15, -0.1) is 0 Å². The summed E-state index contributed by atoms with van der Waals surface area (Å²) in [5, 5.41) is 2.77. The molecule has 0 spiro atoms. The highest BCUT2D eigenvalue weighted by molar-refractivity contribution is 5.76. The summed E-state index contributed by atoms with van der Waals surface area (Å²) in [6.45, 7) is 0. The first-order valence-electron chi connectivity index (χ1n) is 2.36. The predicted molar refractivity (Wildman–Crippen MR) is 35.7 cm³/mol. The summed E-state index contributed by atoms with van der Waals surface area (Å²) in [5.41, 5.74) is 5.98. The summed E-state index contributed by atoms with van der Waals surface area (Å²) in [6.07, 6.45) is 3.25. The highest BCUT2D eigenvalue weighted by atomic mass is 14.8. The first-order valence-corrected chi connectivity index (χ1v) is 2.36. The molecule has 0 aromatic heterocycles. The van der Waals surface area contributed by atoms with Gasteiger partial charge in [0.2, 0.25) is 0 Å². The van der Waals surface area contributed by atoms with Crippen molar-refractivity contribution in [3.63, 3.8) is 0 Å². The van der Waals surface area contributed by atoms with Gasteiger partial charge in [0.1, 0.15) is 0 Å². The normalized spacial score (nSPS) is 12.5. The summed E-state index contributed by atoms with van der Waals surface area (Å²) in [5.74, 6) is 0. The van der Waals surface area contributed by atoms with E-state index in [0.717, 1.165) is 0 Å². The third-order valence-electron chi connectivity index (χ3n) is 0.589. The van der Waals surface area contributed by atoms with Crippen LogP contribution in [0, 0.1) is 0 Å². The van der Waals surface area contributed by atoms with Gasteiger partial charge in [-0.25, -0.2) is 0 Å². The third-order valence-corrected chi connectivity index (χ3v) is 0.589. The van der Waals surface area contributed by atoms with Crippen LogP contribution >= 0.6 is 0 Å². The smallest absolute Gasteiger partial charge is 0.0654 e. The molecular weight excluding hydrogens is 102 g/mol. The number of nitrogens with one attached hydrogen (secondary N) is 1. The largest absolute Gasteiger partial charge is 0.396 e. The number of nitrogens with two attached hydrogens (primary N) is 1. The molecule has 0 aliphatic rings. The SMILES string of the molecule is CN=C/C(N)=C\NC. The Morgan fingerprint density at radius 2 is 2.38 bits per heavy atom. The van der Waals surface area contributed by atoms with Crippen molar-refractivity contribution < 1.29 is 0 Å². The van der Waals surface area contributed by atoms with Gasteiger partial charge in [-0.1, -0.05) is 0 Å². The van der Waals surface area contributed by atoms with Gasteiger partial charge in [-0.3, -0.25) is 4.99 Å². The van der Waals surface area contributed by atoms with Crippen LogP contribution in [0.25, 0.3) is 0 Å². The van der Waals surface area contributed by atoms with Crippen LogP contribution in [0.5, 0.6) is 0 Å².